The molecule has 0 aliphatic carbocycles. The summed E-state index contributed by atoms with van der Waals surface area (Å²) >= 11 is 0. The number of carbonyl (C=O) groups excluding carboxylic acids is 1. The Labute approximate surface area is 161 Å². The van der Waals surface area contributed by atoms with Crippen LogP contribution in [0.25, 0.3) is 0 Å². The Kier molecular flexibility index (Phi) is 6.56. The number of carbonyl (C=O) groups is 2. The summed E-state index contributed by atoms with van der Waals surface area (Å²) in [4.78, 5) is 24.0. The third kappa shape index (κ3) is 5.18. The van der Waals surface area contributed by atoms with E-state index in [1.165, 1.54) is 20.1 Å². The smallest absolute Gasteiger partial charge is 0.306 e. The first-order valence-electron chi connectivity index (χ1n) is 8.44. The van der Waals surface area contributed by atoms with Crippen LogP contribution in [0, 0.1) is 11.6 Å². The highest BCUT2D eigenvalue weighted by Crippen LogP contribution is 2.28. The maximum absolute atomic E-state index is 13.3. The maximum Gasteiger partial charge on any atom is 0.306 e. The third-order valence-electron chi connectivity index (χ3n) is 4.18. The summed E-state index contributed by atoms with van der Waals surface area (Å²) in [5, 5.41) is 12.0. The fourth-order valence-corrected chi connectivity index (χ4v) is 2.67. The molecule has 2 rings (SSSR count). The number of aliphatic carboxylic acids is 1. The van der Waals surface area contributed by atoms with Crippen molar-refractivity contribution in [2.45, 2.75) is 31.9 Å². The molecular weight excluding hydrogens is 372 g/mol. The highest BCUT2D eigenvalue weighted by atomic mass is 19.2. The van der Waals surface area contributed by atoms with E-state index < -0.39 is 35.2 Å². The standard InChI is InChI=1S/C20H21F2NO5/c1-12(28-15-7-8-16(21)17(22)10-15)19(26)23-20(2,11-18(24)25)13-5-4-6-14(9-13)27-3/h4-10,12H,11H2,1-3H3,(H,23,26)(H,24,25). The van der Waals surface area contributed by atoms with Crippen molar-refractivity contribution in [3.63, 3.8) is 0 Å². The molecule has 0 saturated carbocycles. The molecule has 0 aliphatic heterocycles. The third-order valence-corrected chi connectivity index (χ3v) is 4.18. The Morgan fingerprint density at radius 3 is 2.46 bits per heavy atom. The van der Waals surface area contributed by atoms with Gasteiger partial charge < -0.3 is 19.9 Å². The number of halogens is 2. The van der Waals surface area contributed by atoms with Crippen LogP contribution in [-0.2, 0) is 15.1 Å². The van der Waals surface area contributed by atoms with Crippen molar-refractivity contribution >= 4 is 11.9 Å². The second-order valence-corrected chi connectivity index (χ2v) is 6.46. The first-order chi connectivity index (χ1) is 13.1. The van der Waals surface area contributed by atoms with Crippen molar-refractivity contribution in [1.29, 1.82) is 0 Å². The van der Waals surface area contributed by atoms with Crippen molar-refractivity contribution in [2.75, 3.05) is 7.11 Å². The molecule has 0 bridgehead atoms. The number of carboxylic acids is 1. The molecule has 2 N–H and O–H groups in total. The van der Waals surface area contributed by atoms with Crippen LogP contribution in [0.3, 0.4) is 0 Å². The molecule has 0 saturated heterocycles. The minimum Gasteiger partial charge on any atom is -0.497 e. The van der Waals surface area contributed by atoms with Gasteiger partial charge in [-0.25, -0.2) is 8.78 Å². The number of benzene rings is 2. The molecule has 2 atom stereocenters. The average molecular weight is 393 g/mol. The van der Waals surface area contributed by atoms with E-state index in [1.54, 1.807) is 31.2 Å². The molecule has 8 heteroatoms. The molecule has 0 aliphatic rings. The fourth-order valence-electron chi connectivity index (χ4n) is 2.67. The molecule has 6 nitrogen and oxygen atoms in total. The zero-order valence-corrected chi connectivity index (χ0v) is 15.7. The van der Waals surface area contributed by atoms with Crippen LogP contribution in [0.5, 0.6) is 11.5 Å². The van der Waals surface area contributed by atoms with Gasteiger partial charge in [0.2, 0.25) is 0 Å². The van der Waals surface area contributed by atoms with E-state index in [1.807, 2.05) is 0 Å². The van der Waals surface area contributed by atoms with Gasteiger partial charge in [0.05, 0.1) is 19.1 Å². The predicted octanol–water partition coefficient (Wildman–Crippen LogP) is 3.25. The van der Waals surface area contributed by atoms with Gasteiger partial charge in [0, 0.05) is 6.07 Å². The molecule has 0 spiro atoms. The van der Waals surface area contributed by atoms with E-state index in [4.69, 9.17) is 9.47 Å². The van der Waals surface area contributed by atoms with Gasteiger partial charge in [-0.05, 0) is 43.7 Å². The van der Waals surface area contributed by atoms with Crippen LogP contribution in [0.1, 0.15) is 25.8 Å². The van der Waals surface area contributed by atoms with Crippen molar-refractivity contribution in [2.24, 2.45) is 0 Å². The van der Waals surface area contributed by atoms with E-state index in [-0.39, 0.29) is 12.2 Å². The largest absolute Gasteiger partial charge is 0.497 e. The van der Waals surface area contributed by atoms with Gasteiger partial charge in [-0.3, -0.25) is 9.59 Å². The highest BCUT2D eigenvalue weighted by molar-refractivity contribution is 5.82. The lowest BCUT2D eigenvalue weighted by Crippen LogP contribution is -2.49. The molecule has 2 aromatic carbocycles. The summed E-state index contributed by atoms with van der Waals surface area (Å²) in [6.45, 7) is 2.99. The first-order valence-corrected chi connectivity index (χ1v) is 8.44. The Hall–Kier alpha value is -3.16. The van der Waals surface area contributed by atoms with Gasteiger partial charge in [0.15, 0.2) is 17.7 Å². The van der Waals surface area contributed by atoms with Gasteiger partial charge >= 0.3 is 5.97 Å². The Morgan fingerprint density at radius 2 is 1.86 bits per heavy atom. The minimum atomic E-state index is -1.25. The fraction of sp³-hybridized carbons (Fsp3) is 0.300. The number of hydrogen-bond donors (Lipinski definition) is 2. The van der Waals surface area contributed by atoms with Crippen LogP contribution in [0.4, 0.5) is 8.78 Å². The molecule has 2 aromatic rings. The van der Waals surface area contributed by atoms with Crippen LogP contribution in [0.15, 0.2) is 42.5 Å². The predicted molar refractivity (Wildman–Crippen MR) is 97.2 cm³/mol. The average Bonchev–Trinajstić information content (AvgIpc) is 2.64. The van der Waals surface area contributed by atoms with Crippen LogP contribution in [0.2, 0.25) is 0 Å². The number of methoxy groups -OCH3 is 1. The SMILES string of the molecule is COc1cccc(C(C)(CC(=O)O)NC(=O)C(C)Oc2ccc(F)c(F)c2)c1. The number of hydrogen-bond acceptors (Lipinski definition) is 4. The molecule has 0 heterocycles. The number of carboxylic acid groups (broad SMARTS) is 1. The molecule has 150 valence electrons. The van der Waals surface area contributed by atoms with Crippen molar-refractivity contribution in [3.8, 4) is 11.5 Å². The first kappa shape index (κ1) is 21.1. The van der Waals surface area contributed by atoms with Crippen molar-refractivity contribution in [3.05, 3.63) is 59.7 Å². The lowest BCUT2D eigenvalue weighted by Gasteiger charge is -2.31. The second-order valence-electron chi connectivity index (χ2n) is 6.46. The maximum atomic E-state index is 13.3. The summed E-state index contributed by atoms with van der Waals surface area (Å²) in [6, 6.07) is 9.60. The number of rotatable bonds is 8. The zero-order valence-electron chi connectivity index (χ0n) is 15.7. The molecule has 0 radical (unpaired) electrons. The van der Waals surface area contributed by atoms with Gasteiger partial charge in [-0.2, -0.15) is 0 Å². The van der Waals surface area contributed by atoms with E-state index >= 15 is 0 Å². The monoisotopic (exact) mass is 393 g/mol. The Morgan fingerprint density at radius 1 is 1.14 bits per heavy atom. The van der Waals surface area contributed by atoms with Gasteiger partial charge in [0.1, 0.15) is 11.5 Å². The van der Waals surface area contributed by atoms with E-state index in [0.717, 1.165) is 12.1 Å². The number of ether oxygens (including phenoxy) is 2. The van der Waals surface area contributed by atoms with Crippen molar-refractivity contribution < 1.29 is 33.0 Å². The Bertz CT molecular complexity index is 873. The van der Waals surface area contributed by atoms with Crippen molar-refractivity contribution in [1.82, 2.24) is 5.32 Å². The summed E-state index contributed by atoms with van der Waals surface area (Å²) in [6.07, 6.45) is -1.47. The lowest BCUT2D eigenvalue weighted by atomic mass is 9.88. The highest BCUT2D eigenvalue weighted by Gasteiger charge is 2.33. The molecule has 28 heavy (non-hydrogen) atoms. The topological polar surface area (TPSA) is 84.9 Å². The quantitative estimate of drug-likeness (QED) is 0.719. The molecule has 1 amide bonds. The summed E-state index contributed by atoms with van der Waals surface area (Å²) in [7, 11) is 1.48. The zero-order chi connectivity index (χ0) is 20.9. The van der Waals surface area contributed by atoms with E-state index in [2.05, 4.69) is 5.32 Å². The minimum absolute atomic E-state index is 0.0251. The normalized spacial score (nSPS) is 13.9. The summed E-state index contributed by atoms with van der Waals surface area (Å²) in [5.74, 6) is -3.37. The van der Waals surface area contributed by atoms with Gasteiger partial charge in [-0.1, -0.05) is 12.1 Å². The summed E-state index contributed by atoms with van der Waals surface area (Å²) in [5.41, 5.74) is -0.717. The van der Waals surface area contributed by atoms with Gasteiger partial charge in [0.25, 0.3) is 5.91 Å². The molecule has 0 fully saturated rings. The van der Waals surface area contributed by atoms with Gasteiger partial charge in [-0.15, -0.1) is 0 Å². The summed E-state index contributed by atoms with van der Waals surface area (Å²) < 4.78 is 36.8. The van der Waals surface area contributed by atoms with E-state index in [9.17, 15) is 23.5 Å². The second kappa shape index (κ2) is 8.69. The lowest BCUT2D eigenvalue weighted by molar-refractivity contribution is -0.139. The van der Waals surface area contributed by atoms with Crippen LogP contribution >= 0.6 is 0 Å². The number of amides is 1. The molecule has 2 unspecified atom stereocenters. The molecule has 0 aromatic heterocycles. The van der Waals surface area contributed by atoms with E-state index in [0.29, 0.717) is 11.3 Å². The van der Waals surface area contributed by atoms with Crippen LogP contribution in [-0.4, -0.2) is 30.2 Å². The van der Waals surface area contributed by atoms with Crippen LogP contribution < -0.4 is 14.8 Å². The number of nitrogens with one attached hydrogen (secondary N) is 1. The Balaban J connectivity index is 2.21. The molecular formula is C20H21F2NO5.